The van der Waals surface area contributed by atoms with E-state index in [9.17, 15) is 4.39 Å². The van der Waals surface area contributed by atoms with Gasteiger partial charge in [0.1, 0.15) is 11.6 Å². The summed E-state index contributed by atoms with van der Waals surface area (Å²) in [5.74, 6) is 0.385. The van der Waals surface area contributed by atoms with Crippen molar-refractivity contribution in [3.8, 4) is 22.6 Å². The highest BCUT2D eigenvalue weighted by atomic mass is 79.9. The van der Waals surface area contributed by atoms with Crippen molar-refractivity contribution in [1.29, 1.82) is 0 Å². The highest BCUT2D eigenvalue weighted by molar-refractivity contribution is 9.10. The van der Waals surface area contributed by atoms with Crippen LogP contribution in [0.2, 0.25) is 0 Å². The second-order valence-electron chi connectivity index (χ2n) is 4.49. The molecule has 0 aliphatic carbocycles. The molecule has 5 heteroatoms. The molecule has 0 radical (unpaired) electrons. The van der Waals surface area contributed by atoms with Crippen molar-refractivity contribution >= 4 is 21.7 Å². The van der Waals surface area contributed by atoms with Gasteiger partial charge in [-0.05, 0) is 18.2 Å². The summed E-state index contributed by atoms with van der Waals surface area (Å²) in [6.45, 7) is 0. The zero-order valence-electron chi connectivity index (χ0n) is 10.9. The van der Waals surface area contributed by atoms with Gasteiger partial charge < -0.3 is 5.73 Å². The van der Waals surface area contributed by atoms with Gasteiger partial charge in [0, 0.05) is 21.7 Å². The SMILES string of the molecule is Nc1cc(-c2ccccc2)nc(-c2cc(F)ccc2Br)n1. The lowest BCUT2D eigenvalue weighted by atomic mass is 10.1. The minimum Gasteiger partial charge on any atom is -0.384 e. The molecule has 0 spiro atoms. The molecule has 2 N–H and O–H groups in total. The Morgan fingerprint density at radius 1 is 0.952 bits per heavy atom. The first kappa shape index (κ1) is 13.7. The molecular formula is C16H11BrFN3. The van der Waals surface area contributed by atoms with Crippen molar-refractivity contribution in [2.24, 2.45) is 0 Å². The van der Waals surface area contributed by atoms with Gasteiger partial charge in [-0.2, -0.15) is 0 Å². The first-order valence-corrected chi connectivity index (χ1v) is 7.08. The molecule has 0 aliphatic rings. The fourth-order valence-corrected chi connectivity index (χ4v) is 2.44. The summed E-state index contributed by atoms with van der Waals surface area (Å²) in [4.78, 5) is 8.69. The second-order valence-corrected chi connectivity index (χ2v) is 5.35. The first-order valence-electron chi connectivity index (χ1n) is 6.29. The summed E-state index contributed by atoms with van der Waals surface area (Å²) in [6, 6.07) is 15.7. The Kier molecular flexibility index (Phi) is 3.66. The van der Waals surface area contributed by atoms with E-state index < -0.39 is 0 Å². The molecule has 0 aliphatic heterocycles. The van der Waals surface area contributed by atoms with Crippen LogP contribution in [0.1, 0.15) is 0 Å². The van der Waals surface area contributed by atoms with Crippen molar-refractivity contribution in [3.05, 3.63) is 64.9 Å². The van der Waals surface area contributed by atoms with Crippen LogP contribution in [0.3, 0.4) is 0 Å². The molecule has 0 unspecified atom stereocenters. The summed E-state index contributed by atoms with van der Waals surface area (Å²) >= 11 is 3.39. The third-order valence-electron chi connectivity index (χ3n) is 2.98. The van der Waals surface area contributed by atoms with Crippen LogP contribution in [0.25, 0.3) is 22.6 Å². The molecule has 0 amide bonds. The molecule has 2 aromatic carbocycles. The third kappa shape index (κ3) is 2.92. The highest BCUT2D eigenvalue weighted by Crippen LogP contribution is 2.29. The summed E-state index contributed by atoms with van der Waals surface area (Å²) in [6.07, 6.45) is 0. The van der Waals surface area contributed by atoms with Crippen molar-refractivity contribution in [3.63, 3.8) is 0 Å². The minimum atomic E-state index is -0.347. The maximum absolute atomic E-state index is 13.4. The largest absolute Gasteiger partial charge is 0.384 e. The van der Waals surface area contributed by atoms with Crippen molar-refractivity contribution < 1.29 is 4.39 Å². The molecule has 21 heavy (non-hydrogen) atoms. The molecule has 3 nitrogen and oxygen atoms in total. The van der Waals surface area contributed by atoms with Crippen molar-refractivity contribution in [2.75, 3.05) is 5.73 Å². The predicted octanol–water partition coefficient (Wildman–Crippen LogP) is 4.29. The Morgan fingerprint density at radius 3 is 2.48 bits per heavy atom. The average Bonchev–Trinajstić information content (AvgIpc) is 2.50. The molecule has 0 atom stereocenters. The van der Waals surface area contributed by atoms with E-state index in [1.54, 1.807) is 12.1 Å². The minimum absolute atomic E-state index is 0.343. The maximum Gasteiger partial charge on any atom is 0.163 e. The number of hydrogen-bond donors (Lipinski definition) is 1. The molecule has 0 bridgehead atoms. The average molecular weight is 344 g/mol. The van der Waals surface area contributed by atoms with E-state index >= 15 is 0 Å². The topological polar surface area (TPSA) is 51.8 Å². The van der Waals surface area contributed by atoms with Gasteiger partial charge in [0.25, 0.3) is 0 Å². The molecule has 104 valence electrons. The number of aromatic nitrogens is 2. The van der Waals surface area contributed by atoms with E-state index in [-0.39, 0.29) is 5.82 Å². The number of benzene rings is 2. The zero-order valence-corrected chi connectivity index (χ0v) is 12.5. The fraction of sp³-hybridized carbons (Fsp3) is 0. The van der Waals surface area contributed by atoms with Crippen LogP contribution < -0.4 is 5.73 Å². The summed E-state index contributed by atoms with van der Waals surface area (Å²) in [5.41, 5.74) is 8.06. The number of nitrogens with zero attached hydrogens (tertiary/aromatic N) is 2. The Morgan fingerprint density at radius 2 is 1.71 bits per heavy atom. The number of anilines is 1. The van der Waals surface area contributed by atoms with Crippen LogP contribution in [0.4, 0.5) is 10.2 Å². The molecule has 3 aromatic rings. The summed E-state index contributed by atoms with van der Waals surface area (Å²) < 4.78 is 14.2. The lowest BCUT2D eigenvalue weighted by Gasteiger charge is -2.08. The van der Waals surface area contributed by atoms with Gasteiger partial charge in [-0.25, -0.2) is 14.4 Å². The van der Waals surface area contributed by atoms with Gasteiger partial charge in [-0.1, -0.05) is 46.3 Å². The van der Waals surface area contributed by atoms with Crippen LogP contribution in [-0.2, 0) is 0 Å². The Balaban J connectivity index is 2.16. The summed E-state index contributed by atoms with van der Waals surface area (Å²) in [5, 5.41) is 0. The zero-order chi connectivity index (χ0) is 14.8. The van der Waals surface area contributed by atoms with Gasteiger partial charge >= 0.3 is 0 Å². The highest BCUT2D eigenvalue weighted by Gasteiger charge is 2.11. The van der Waals surface area contributed by atoms with Gasteiger partial charge in [0.2, 0.25) is 0 Å². The molecule has 1 aromatic heterocycles. The van der Waals surface area contributed by atoms with Gasteiger partial charge in [0.15, 0.2) is 5.82 Å². The molecular weight excluding hydrogens is 333 g/mol. The number of nitrogen functional groups attached to an aromatic ring is 1. The molecule has 0 fully saturated rings. The number of halogens is 2. The van der Waals surface area contributed by atoms with Crippen LogP contribution in [0, 0.1) is 5.82 Å². The summed E-state index contributed by atoms with van der Waals surface area (Å²) in [7, 11) is 0. The standard InChI is InChI=1S/C16H11BrFN3/c17-13-7-6-11(18)8-12(13)16-20-14(9-15(19)21-16)10-4-2-1-3-5-10/h1-9H,(H2,19,20,21). The molecule has 0 saturated carbocycles. The van der Waals surface area contributed by atoms with Crippen LogP contribution >= 0.6 is 15.9 Å². The van der Waals surface area contributed by atoms with Crippen LogP contribution in [0.15, 0.2) is 59.1 Å². The first-order chi connectivity index (χ1) is 10.1. The smallest absolute Gasteiger partial charge is 0.163 e. The predicted molar refractivity (Wildman–Crippen MR) is 85.0 cm³/mol. The van der Waals surface area contributed by atoms with Gasteiger partial charge in [-0.15, -0.1) is 0 Å². The van der Waals surface area contributed by atoms with E-state index in [1.165, 1.54) is 12.1 Å². The van der Waals surface area contributed by atoms with E-state index in [0.29, 0.717) is 27.4 Å². The Hall–Kier alpha value is -2.27. The third-order valence-corrected chi connectivity index (χ3v) is 3.68. The lowest BCUT2D eigenvalue weighted by Crippen LogP contribution is -1.98. The quantitative estimate of drug-likeness (QED) is 0.754. The van der Waals surface area contributed by atoms with Crippen LogP contribution in [0.5, 0.6) is 0 Å². The fourth-order valence-electron chi connectivity index (χ4n) is 2.01. The normalized spacial score (nSPS) is 10.6. The van der Waals surface area contributed by atoms with Crippen LogP contribution in [-0.4, -0.2) is 9.97 Å². The van der Waals surface area contributed by atoms with E-state index in [2.05, 4.69) is 25.9 Å². The number of rotatable bonds is 2. The molecule has 0 saturated heterocycles. The van der Waals surface area contributed by atoms with E-state index in [4.69, 9.17) is 5.73 Å². The molecule has 1 heterocycles. The Labute approximate surface area is 129 Å². The number of nitrogens with two attached hydrogens (primary N) is 1. The van der Waals surface area contributed by atoms with E-state index in [1.807, 2.05) is 30.3 Å². The van der Waals surface area contributed by atoms with Gasteiger partial charge in [0.05, 0.1) is 5.69 Å². The van der Waals surface area contributed by atoms with Gasteiger partial charge in [-0.3, -0.25) is 0 Å². The van der Waals surface area contributed by atoms with E-state index in [0.717, 1.165) is 5.56 Å². The lowest BCUT2D eigenvalue weighted by molar-refractivity contribution is 0.628. The molecule has 3 rings (SSSR count). The maximum atomic E-state index is 13.4. The Bertz CT molecular complexity index is 791. The van der Waals surface area contributed by atoms with Crippen molar-refractivity contribution in [2.45, 2.75) is 0 Å². The monoisotopic (exact) mass is 343 g/mol. The number of hydrogen-bond acceptors (Lipinski definition) is 3. The van der Waals surface area contributed by atoms with Crippen molar-refractivity contribution in [1.82, 2.24) is 9.97 Å². The second kappa shape index (κ2) is 5.61.